The number of benzene rings is 1. The molecule has 0 bridgehead atoms. The molecule has 1 fully saturated rings. The van der Waals surface area contributed by atoms with Gasteiger partial charge in [0.25, 0.3) is 0 Å². The van der Waals surface area contributed by atoms with Crippen molar-refractivity contribution in [3.05, 3.63) is 28.8 Å². The van der Waals surface area contributed by atoms with Crippen molar-refractivity contribution in [3.8, 4) is 5.75 Å². The monoisotopic (exact) mass is 284 g/mol. The highest BCUT2D eigenvalue weighted by Crippen LogP contribution is 2.27. The summed E-state index contributed by atoms with van der Waals surface area (Å²) in [5.74, 6) is 0.651. The smallest absolute Gasteiger partial charge is 0.317 e. The minimum Gasteiger partial charge on any atom is -0.490 e. The maximum atomic E-state index is 11.5. The van der Waals surface area contributed by atoms with Crippen LogP contribution in [-0.4, -0.2) is 48.4 Å². The molecule has 1 aliphatic heterocycles. The van der Waals surface area contributed by atoms with Gasteiger partial charge < -0.3 is 20.1 Å². The van der Waals surface area contributed by atoms with Gasteiger partial charge in [0.15, 0.2) is 0 Å². The number of carbonyl (C=O) groups excluding carboxylic acids is 1. The fraction of sp³-hybridized carbons (Fsp3) is 0.462. The van der Waals surface area contributed by atoms with Crippen LogP contribution >= 0.6 is 11.6 Å². The first-order valence-corrected chi connectivity index (χ1v) is 6.54. The first-order chi connectivity index (χ1) is 9.08. The lowest BCUT2D eigenvalue weighted by molar-refractivity contribution is 0.0264. The molecule has 1 aromatic rings. The second-order valence-corrected chi connectivity index (χ2v) is 4.93. The summed E-state index contributed by atoms with van der Waals surface area (Å²) in [5, 5.41) is 12.4. The Hall–Kier alpha value is -1.46. The van der Waals surface area contributed by atoms with Crippen molar-refractivity contribution in [2.75, 3.05) is 26.2 Å². The Labute approximate surface area is 117 Å². The molecule has 1 aromatic carbocycles. The number of halogens is 1. The Bertz CT molecular complexity index is 441. The molecule has 0 spiro atoms. The maximum absolute atomic E-state index is 11.5. The van der Waals surface area contributed by atoms with Crippen LogP contribution in [0.1, 0.15) is 5.56 Å². The van der Waals surface area contributed by atoms with Gasteiger partial charge in [0.2, 0.25) is 0 Å². The minimum absolute atomic E-state index is 0.176. The van der Waals surface area contributed by atoms with Gasteiger partial charge in [-0.25, -0.2) is 4.79 Å². The number of hydrogen-bond acceptors (Lipinski definition) is 3. The molecule has 0 atom stereocenters. The van der Waals surface area contributed by atoms with Crippen molar-refractivity contribution in [1.82, 2.24) is 10.2 Å². The number of para-hydroxylation sites is 1. The summed E-state index contributed by atoms with van der Waals surface area (Å²) in [4.78, 5) is 13.1. The number of aliphatic hydroxyl groups excluding tert-OH is 1. The Balaban J connectivity index is 1.71. The molecule has 2 rings (SSSR count). The number of amides is 2. The molecule has 1 aliphatic rings. The van der Waals surface area contributed by atoms with Gasteiger partial charge in [-0.3, -0.25) is 0 Å². The van der Waals surface area contributed by atoms with E-state index in [9.17, 15) is 4.79 Å². The van der Waals surface area contributed by atoms with E-state index in [4.69, 9.17) is 21.4 Å². The standard InChI is InChI=1S/C13H17ClN2O3/c1-9-3-2-4-11(14)12(9)19-6-5-15-13(18)16-7-10(17)8-16/h2-4,10,17H,5-8H2,1H3,(H,15,18). The van der Waals surface area contributed by atoms with E-state index >= 15 is 0 Å². The first-order valence-electron chi connectivity index (χ1n) is 6.16. The van der Waals surface area contributed by atoms with E-state index in [-0.39, 0.29) is 12.1 Å². The molecule has 5 nitrogen and oxygen atoms in total. The predicted octanol–water partition coefficient (Wildman–Crippen LogP) is 1.41. The first kappa shape index (κ1) is 14.0. The van der Waals surface area contributed by atoms with Crippen molar-refractivity contribution < 1.29 is 14.6 Å². The van der Waals surface area contributed by atoms with E-state index in [0.717, 1.165) is 5.56 Å². The molecule has 0 aliphatic carbocycles. The van der Waals surface area contributed by atoms with E-state index in [0.29, 0.717) is 37.0 Å². The van der Waals surface area contributed by atoms with Gasteiger partial charge in [0.05, 0.1) is 30.8 Å². The quantitative estimate of drug-likeness (QED) is 0.822. The van der Waals surface area contributed by atoms with Crippen LogP contribution in [-0.2, 0) is 0 Å². The number of nitrogens with zero attached hydrogens (tertiary/aromatic N) is 1. The zero-order valence-corrected chi connectivity index (χ0v) is 11.5. The summed E-state index contributed by atoms with van der Waals surface area (Å²) in [7, 11) is 0. The number of hydrogen-bond donors (Lipinski definition) is 2. The Morgan fingerprint density at radius 1 is 1.58 bits per heavy atom. The number of carbonyl (C=O) groups is 1. The Morgan fingerprint density at radius 3 is 2.95 bits per heavy atom. The highest BCUT2D eigenvalue weighted by molar-refractivity contribution is 6.32. The number of aryl methyl sites for hydroxylation is 1. The summed E-state index contributed by atoms with van der Waals surface area (Å²) in [6.07, 6.45) is -0.382. The molecule has 6 heteroatoms. The summed E-state index contributed by atoms with van der Waals surface area (Å²) in [6, 6.07) is 5.37. The third kappa shape index (κ3) is 3.52. The van der Waals surface area contributed by atoms with Crippen molar-refractivity contribution in [2.24, 2.45) is 0 Å². The van der Waals surface area contributed by atoms with E-state index in [1.165, 1.54) is 0 Å². The molecular weight excluding hydrogens is 268 g/mol. The van der Waals surface area contributed by atoms with Crippen LogP contribution < -0.4 is 10.1 Å². The third-order valence-corrected chi connectivity index (χ3v) is 3.24. The van der Waals surface area contributed by atoms with Gasteiger partial charge >= 0.3 is 6.03 Å². The SMILES string of the molecule is Cc1cccc(Cl)c1OCCNC(=O)N1CC(O)C1. The molecule has 104 valence electrons. The maximum Gasteiger partial charge on any atom is 0.317 e. The van der Waals surface area contributed by atoms with Gasteiger partial charge in [0, 0.05) is 0 Å². The molecule has 1 heterocycles. The summed E-state index contributed by atoms with van der Waals surface area (Å²) >= 11 is 6.02. The van der Waals surface area contributed by atoms with Crippen LogP contribution in [0.15, 0.2) is 18.2 Å². The predicted molar refractivity (Wildman–Crippen MR) is 72.7 cm³/mol. The molecular formula is C13H17ClN2O3. The number of rotatable bonds is 4. The van der Waals surface area contributed by atoms with E-state index < -0.39 is 0 Å². The number of urea groups is 1. The lowest BCUT2D eigenvalue weighted by atomic mass is 10.2. The largest absolute Gasteiger partial charge is 0.490 e. The van der Waals surface area contributed by atoms with Crippen molar-refractivity contribution in [2.45, 2.75) is 13.0 Å². The van der Waals surface area contributed by atoms with E-state index in [1.807, 2.05) is 19.1 Å². The number of aliphatic hydroxyl groups is 1. The number of likely N-dealkylation sites (tertiary alicyclic amines) is 1. The summed E-state index contributed by atoms with van der Waals surface area (Å²) in [6.45, 7) is 3.47. The van der Waals surface area contributed by atoms with Crippen molar-refractivity contribution in [1.29, 1.82) is 0 Å². The highest BCUT2D eigenvalue weighted by Gasteiger charge is 2.28. The van der Waals surface area contributed by atoms with E-state index in [2.05, 4.69) is 5.32 Å². The van der Waals surface area contributed by atoms with Gasteiger partial charge in [0.1, 0.15) is 12.4 Å². The highest BCUT2D eigenvalue weighted by atomic mass is 35.5. The average Bonchev–Trinajstić information content (AvgIpc) is 2.33. The van der Waals surface area contributed by atoms with Gasteiger partial charge in [-0.1, -0.05) is 23.7 Å². The van der Waals surface area contributed by atoms with Gasteiger partial charge in [-0.2, -0.15) is 0 Å². The molecule has 1 saturated heterocycles. The number of nitrogens with one attached hydrogen (secondary N) is 1. The van der Waals surface area contributed by atoms with E-state index in [1.54, 1.807) is 11.0 Å². The zero-order valence-electron chi connectivity index (χ0n) is 10.7. The van der Waals surface area contributed by atoms with Gasteiger partial charge in [-0.15, -0.1) is 0 Å². The minimum atomic E-state index is -0.382. The molecule has 0 radical (unpaired) electrons. The van der Waals surface area contributed by atoms with Crippen molar-refractivity contribution >= 4 is 17.6 Å². The Morgan fingerprint density at radius 2 is 2.32 bits per heavy atom. The van der Waals surface area contributed by atoms with Crippen LogP contribution in [0.5, 0.6) is 5.75 Å². The lowest BCUT2D eigenvalue weighted by Crippen LogP contribution is -2.57. The second kappa shape index (κ2) is 6.12. The van der Waals surface area contributed by atoms with Gasteiger partial charge in [-0.05, 0) is 18.6 Å². The molecule has 0 aromatic heterocycles. The molecule has 2 amide bonds. The molecule has 0 unspecified atom stereocenters. The normalized spacial score (nSPS) is 15.0. The molecule has 0 saturated carbocycles. The van der Waals surface area contributed by atoms with Crippen LogP contribution in [0.25, 0.3) is 0 Å². The number of ether oxygens (including phenoxy) is 1. The Kier molecular flexibility index (Phi) is 4.50. The lowest BCUT2D eigenvalue weighted by Gasteiger charge is -2.35. The van der Waals surface area contributed by atoms with Crippen LogP contribution in [0, 0.1) is 6.92 Å². The molecule has 2 N–H and O–H groups in total. The molecule has 19 heavy (non-hydrogen) atoms. The topological polar surface area (TPSA) is 61.8 Å². The van der Waals surface area contributed by atoms with Crippen LogP contribution in [0.3, 0.4) is 0 Å². The average molecular weight is 285 g/mol. The summed E-state index contributed by atoms with van der Waals surface area (Å²) < 4.78 is 5.56. The third-order valence-electron chi connectivity index (χ3n) is 2.94. The van der Waals surface area contributed by atoms with Crippen molar-refractivity contribution in [3.63, 3.8) is 0 Å². The van der Waals surface area contributed by atoms with Crippen LogP contribution in [0.4, 0.5) is 4.79 Å². The fourth-order valence-corrected chi connectivity index (χ4v) is 2.12. The summed E-state index contributed by atoms with van der Waals surface area (Å²) in [5.41, 5.74) is 0.963. The zero-order chi connectivity index (χ0) is 13.8. The fourth-order valence-electron chi connectivity index (χ4n) is 1.84. The van der Waals surface area contributed by atoms with Crippen LogP contribution in [0.2, 0.25) is 5.02 Å². The second-order valence-electron chi connectivity index (χ2n) is 4.53. The number of β-amino-alcohol motifs (C(OH)–C–C–N with tert-alkyl or cyclic N) is 1.